The highest BCUT2D eigenvalue weighted by molar-refractivity contribution is 5.91. The zero-order valence-corrected chi connectivity index (χ0v) is 16.2. The van der Waals surface area contributed by atoms with Gasteiger partial charge in [-0.1, -0.05) is 0 Å². The van der Waals surface area contributed by atoms with Crippen LogP contribution in [0, 0.1) is 0 Å². The van der Waals surface area contributed by atoms with E-state index in [1.54, 1.807) is 55.6 Å². The highest BCUT2D eigenvalue weighted by atomic mass is 16.5. The summed E-state index contributed by atoms with van der Waals surface area (Å²) in [6, 6.07) is 14.8. The van der Waals surface area contributed by atoms with Crippen LogP contribution in [0.5, 0.6) is 17.2 Å². The van der Waals surface area contributed by atoms with Crippen LogP contribution >= 0.6 is 0 Å². The van der Waals surface area contributed by atoms with E-state index in [2.05, 4.69) is 4.98 Å². The largest absolute Gasteiger partial charge is 0.497 e. The Kier molecular flexibility index (Phi) is 5.17. The van der Waals surface area contributed by atoms with Crippen molar-refractivity contribution in [2.24, 2.45) is 0 Å². The standard InChI is InChI=1S/C23H17NO6/c1-27-16-5-6-20(28-2)18(12-16)19-11-15-3-4-17(13-21(15)30-23(19)26)29-22(25)14-7-9-24-10-8-14/h3-13H,1-2H3. The molecular weight excluding hydrogens is 386 g/mol. The number of nitrogens with zero attached hydrogens (tertiary/aromatic N) is 1. The summed E-state index contributed by atoms with van der Waals surface area (Å²) in [7, 11) is 3.07. The summed E-state index contributed by atoms with van der Waals surface area (Å²) in [6.45, 7) is 0. The van der Waals surface area contributed by atoms with E-state index in [0.29, 0.717) is 39.2 Å². The van der Waals surface area contributed by atoms with Crippen LogP contribution in [-0.4, -0.2) is 25.2 Å². The molecule has 4 aromatic rings. The van der Waals surface area contributed by atoms with Crippen molar-refractivity contribution in [2.45, 2.75) is 0 Å². The normalized spacial score (nSPS) is 10.6. The van der Waals surface area contributed by atoms with Crippen LogP contribution in [0.3, 0.4) is 0 Å². The Morgan fingerprint density at radius 1 is 0.867 bits per heavy atom. The second-order valence-electron chi connectivity index (χ2n) is 6.34. The first-order chi connectivity index (χ1) is 14.6. The van der Waals surface area contributed by atoms with Gasteiger partial charge in [-0.05, 0) is 48.5 Å². The lowest BCUT2D eigenvalue weighted by atomic mass is 10.0. The minimum atomic E-state index is -0.549. The first kappa shape index (κ1) is 19.2. The molecule has 0 amide bonds. The van der Waals surface area contributed by atoms with E-state index in [0.717, 1.165) is 0 Å². The molecule has 0 saturated carbocycles. The average Bonchev–Trinajstić information content (AvgIpc) is 2.78. The highest BCUT2D eigenvalue weighted by Gasteiger charge is 2.15. The molecule has 0 fully saturated rings. The minimum absolute atomic E-state index is 0.263. The number of methoxy groups -OCH3 is 2. The Labute approximate surface area is 171 Å². The zero-order chi connectivity index (χ0) is 21.1. The van der Waals surface area contributed by atoms with Crippen molar-refractivity contribution in [1.82, 2.24) is 4.98 Å². The Balaban J connectivity index is 1.72. The SMILES string of the molecule is COc1ccc(OC)c(-c2cc3ccc(OC(=O)c4ccncc4)cc3oc2=O)c1. The molecule has 0 aliphatic carbocycles. The number of hydrogen-bond acceptors (Lipinski definition) is 7. The molecule has 0 spiro atoms. The number of fused-ring (bicyclic) bond motifs is 1. The molecule has 30 heavy (non-hydrogen) atoms. The van der Waals surface area contributed by atoms with Gasteiger partial charge in [0.05, 0.1) is 25.3 Å². The van der Waals surface area contributed by atoms with Gasteiger partial charge < -0.3 is 18.6 Å². The summed E-state index contributed by atoms with van der Waals surface area (Å²) in [5.41, 5.74) is 1.00. The Bertz CT molecular complexity index is 1280. The van der Waals surface area contributed by atoms with Gasteiger partial charge in [0.1, 0.15) is 22.8 Å². The first-order valence-corrected chi connectivity index (χ1v) is 9.01. The second-order valence-corrected chi connectivity index (χ2v) is 6.34. The van der Waals surface area contributed by atoms with E-state index >= 15 is 0 Å². The smallest absolute Gasteiger partial charge is 0.344 e. The summed E-state index contributed by atoms with van der Waals surface area (Å²) in [6.07, 6.45) is 3.01. The van der Waals surface area contributed by atoms with E-state index in [1.807, 2.05) is 0 Å². The number of pyridine rings is 1. The highest BCUT2D eigenvalue weighted by Crippen LogP contribution is 2.33. The van der Waals surface area contributed by atoms with Crippen molar-refractivity contribution >= 4 is 16.9 Å². The number of carbonyl (C=O) groups is 1. The van der Waals surface area contributed by atoms with Gasteiger partial charge in [0.15, 0.2) is 0 Å². The number of aromatic nitrogens is 1. The van der Waals surface area contributed by atoms with Crippen molar-refractivity contribution in [2.75, 3.05) is 14.2 Å². The summed E-state index contributed by atoms with van der Waals surface area (Å²) >= 11 is 0. The van der Waals surface area contributed by atoms with Gasteiger partial charge in [-0.15, -0.1) is 0 Å². The van der Waals surface area contributed by atoms with E-state index in [4.69, 9.17) is 18.6 Å². The number of ether oxygens (including phenoxy) is 3. The third kappa shape index (κ3) is 3.73. The summed E-state index contributed by atoms with van der Waals surface area (Å²) < 4.78 is 21.5. The number of esters is 1. The lowest BCUT2D eigenvalue weighted by Crippen LogP contribution is -2.08. The quantitative estimate of drug-likeness (QED) is 0.282. The molecule has 7 heteroatoms. The third-order valence-corrected chi connectivity index (χ3v) is 4.53. The molecule has 2 aromatic heterocycles. The Morgan fingerprint density at radius 3 is 2.37 bits per heavy atom. The zero-order valence-electron chi connectivity index (χ0n) is 16.2. The fraction of sp³-hybridized carbons (Fsp3) is 0.0870. The van der Waals surface area contributed by atoms with Gasteiger partial charge in [-0.2, -0.15) is 0 Å². The van der Waals surface area contributed by atoms with Crippen LogP contribution in [-0.2, 0) is 0 Å². The molecule has 0 N–H and O–H groups in total. The predicted molar refractivity (Wildman–Crippen MR) is 110 cm³/mol. The van der Waals surface area contributed by atoms with Crippen LogP contribution in [0.1, 0.15) is 10.4 Å². The van der Waals surface area contributed by atoms with Crippen LogP contribution < -0.4 is 19.8 Å². The van der Waals surface area contributed by atoms with Gasteiger partial charge in [-0.3, -0.25) is 4.98 Å². The number of carbonyl (C=O) groups excluding carboxylic acids is 1. The Morgan fingerprint density at radius 2 is 1.63 bits per heavy atom. The average molecular weight is 403 g/mol. The van der Waals surface area contributed by atoms with Gasteiger partial charge >= 0.3 is 11.6 Å². The molecule has 2 heterocycles. The van der Waals surface area contributed by atoms with E-state index in [1.165, 1.54) is 25.6 Å². The molecule has 4 rings (SSSR count). The van der Waals surface area contributed by atoms with Crippen molar-refractivity contribution in [3.8, 4) is 28.4 Å². The molecule has 7 nitrogen and oxygen atoms in total. The number of hydrogen-bond donors (Lipinski definition) is 0. The maximum atomic E-state index is 12.7. The van der Waals surface area contributed by atoms with Gasteiger partial charge in [-0.25, -0.2) is 9.59 Å². The molecule has 0 radical (unpaired) electrons. The molecule has 0 atom stereocenters. The number of rotatable bonds is 5. The number of benzene rings is 2. The fourth-order valence-electron chi connectivity index (χ4n) is 3.02. The van der Waals surface area contributed by atoms with E-state index < -0.39 is 11.6 Å². The molecule has 0 unspecified atom stereocenters. The van der Waals surface area contributed by atoms with Crippen LogP contribution in [0.25, 0.3) is 22.1 Å². The monoisotopic (exact) mass is 403 g/mol. The van der Waals surface area contributed by atoms with Crippen LogP contribution in [0.4, 0.5) is 0 Å². The first-order valence-electron chi connectivity index (χ1n) is 9.01. The molecule has 2 aromatic carbocycles. The van der Waals surface area contributed by atoms with Crippen molar-refractivity contribution < 1.29 is 23.4 Å². The van der Waals surface area contributed by atoms with E-state index in [9.17, 15) is 9.59 Å². The maximum Gasteiger partial charge on any atom is 0.344 e. The van der Waals surface area contributed by atoms with Crippen LogP contribution in [0.15, 0.2) is 76.2 Å². The molecular formula is C23H17NO6. The fourth-order valence-corrected chi connectivity index (χ4v) is 3.02. The minimum Gasteiger partial charge on any atom is -0.497 e. The summed E-state index contributed by atoms with van der Waals surface area (Å²) in [5, 5.41) is 0.665. The molecule has 0 aliphatic rings. The topological polar surface area (TPSA) is 87.9 Å². The molecule has 0 saturated heterocycles. The maximum absolute atomic E-state index is 12.7. The predicted octanol–water partition coefficient (Wildman–Crippen LogP) is 4.09. The molecule has 150 valence electrons. The summed E-state index contributed by atoms with van der Waals surface area (Å²) in [4.78, 5) is 28.8. The van der Waals surface area contributed by atoms with Crippen molar-refractivity contribution in [3.05, 3.63) is 83.0 Å². The lowest BCUT2D eigenvalue weighted by Gasteiger charge is -2.10. The van der Waals surface area contributed by atoms with Crippen molar-refractivity contribution in [3.63, 3.8) is 0 Å². The van der Waals surface area contributed by atoms with Gasteiger partial charge in [0.25, 0.3) is 0 Å². The summed E-state index contributed by atoms with van der Waals surface area (Å²) in [5.74, 6) is 0.838. The third-order valence-electron chi connectivity index (χ3n) is 4.53. The van der Waals surface area contributed by atoms with E-state index in [-0.39, 0.29) is 5.75 Å². The Hall–Kier alpha value is -4.13. The van der Waals surface area contributed by atoms with Crippen LogP contribution in [0.2, 0.25) is 0 Å². The molecule has 0 aliphatic heterocycles. The lowest BCUT2D eigenvalue weighted by molar-refractivity contribution is 0.0735. The van der Waals surface area contributed by atoms with Gasteiger partial charge in [0.2, 0.25) is 0 Å². The second kappa shape index (κ2) is 8.08. The molecule has 0 bridgehead atoms. The van der Waals surface area contributed by atoms with Gasteiger partial charge in [0, 0.05) is 29.4 Å². The van der Waals surface area contributed by atoms with Crippen molar-refractivity contribution in [1.29, 1.82) is 0 Å².